The molecule has 34 heavy (non-hydrogen) atoms. The van der Waals surface area contributed by atoms with E-state index in [0.717, 1.165) is 34.4 Å². The van der Waals surface area contributed by atoms with Crippen LogP contribution in [0.3, 0.4) is 0 Å². The average molecular weight is 543 g/mol. The molecule has 2 aromatic carbocycles. The minimum atomic E-state index is -0.132. The molecule has 0 saturated heterocycles. The fraction of sp³-hybridized carbons (Fsp3) is 0.208. The predicted octanol–water partition coefficient (Wildman–Crippen LogP) is 5.16. The molecule has 1 amide bonds. The van der Waals surface area contributed by atoms with E-state index in [1.165, 1.54) is 0 Å². The number of nitrogens with one attached hydrogen (secondary N) is 2. The van der Waals surface area contributed by atoms with Gasteiger partial charge in [0.1, 0.15) is 5.82 Å². The van der Waals surface area contributed by atoms with Gasteiger partial charge in [-0.15, -0.1) is 0 Å². The zero-order valence-electron chi connectivity index (χ0n) is 18.1. The SMILES string of the molecule is O=C(NCCCCNc1cc(-c2ccccc2Cl)nc2c(Br)cnn12)c1ccc2c(c1)OCO2. The number of fused-ring (bicyclic) bond motifs is 2. The van der Waals surface area contributed by atoms with Gasteiger partial charge in [0.15, 0.2) is 17.1 Å². The van der Waals surface area contributed by atoms with Crippen molar-refractivity contribution in [2.45, 2.75) is 12.8 Å². The number of aromatic nitrogens is 3. The highest BCUT2D eigenvalue weighted by molar-refractivity contribution is 9.10. The van der Waals surface area contributed by atoms with E-state index in [-0.39, 0.29) is 12.7 Å². The van der Waals surface area contributed by atoms with Gasteiger partial charge in [-0.3, -0.25) is 4.79 Å². The van der Waals surface area contributed by atoms with Crippen molar-refractivity contribution in [3.63, 3.8) is 0 Å². The molecule has 0 spiro atoms. The number of rotatable bonds is 8. The van der Waals surface area contributed by atoms with Crippen LogP contribution in [0.5, 0.6) is 11.5 Å². The van der Waals surface area contributed by atoms with Crippen LogP contribution in [0.1, 0.15) is 23.2 Å². The van der Waals surface area contributed by atoms with Crippen molar-refractivity contribution in [3.05, 3.63) is 69.8 Å². The molecule has 0 atom stereocenters. The van der Waals surface area contributed by atoms with Crippen LogP contribution < -0.4 is 20.1 Å². The molecule has 0 aliphatic carbocycles. The zero-order valence-corrected chi connectivity index (χ0v) is 20.4. The summed E-state index contributed by atoms with van der Waals surface area (Å²) >= 11 is 9.91. The van der Waals surface area contributed by atoms with Crippen LogP contribution in [0.2, 0.25) is 5.02 Å². The lowest BCUT2D eigenvalue weighted by molar-refractivity contribution is 0.0952. The van der Waals surface area contributed by atoms with Crippen LogP contribution in [0.25, 0.3) is 16.9 Å². The lowest BCUT2D eigenvalue weighted by Gasteiger charge is -2.12. The maximum atomic E-state index is 12.4. The highest BCUT2D eigenvalue weighted by atomic mass is 79.9. The fourth-order valence-corrected chi connectivity index (χ4v) is 4.26. The third-order valence-corrected chi connectivity index (χ3v) is 6.30. The lowest BCUT2D eigenvalue weighted by atomic mass is 10.1. The summed E-state index contributed by atoms with van der Waals surface area (Å²) in [5.41, 5.74) is 2.88. The average Bonchev–Trinajstić information content (AvgIpc) is 3.47. The van der Waals surface area contributed by atoms with E-state index >= 15 is 0 Å². The Balaban J connectivity index is 1.18. The second kappa shape index (κ2) is 9.90. The summed E-state index contributed by atoms with van der Waals surface area (Å²) in [6.07, 6.45) is 3.39. The molecule has 2 aromatic heterocycles. The van der Waals surface area contributed by atoms with Gasteiger partial charge < -0.3 is 20.1 Å². The van der Waals surface area contributed by atoms with Gasteiger partial charge in [0.2, 0.25) is 6.79 Å². The summed E-state index contributed by atoms with van der Waals surface area (Å²) in [5, 5.41) is 11.4. The first kappa shape index (κ1) is 22.5. The van der Waals surface area contributed by atoms with Crippen LogP contribution in [-0.4, -0.2) is 40.4 Å². The van der Waals surface area contributed by atoms with Gasteiger partial charge in [0, 0.05) is 35.3 Å². The Bertz CT molecular complexity index is 1360. The summed E-state index contributed by atoms with van der Waals surface area (Å²) in [5.74, 6) is 1.94. The van der Waals surface area contributed by atoms with E-state index in [4.69, 9.17) is 26.1 Å². The summed E-state index contributed by atoms with van der Waals surface area (Å²) in [7, 11) is 0. The van der Waals surface area contributed by atoms with Gasteiger partial charge in [-0.05, 0) is 53.0 Å². The van der Waals surface area contributed by atoms with Crippen LogP contribution in [-0.2, 0) is 0 Å². The Morgan fingerprint density at radius 1 is 1.09 bits per heavy atom. The van der Waals surface area contributed by atoms with Gasteiger partial charge >= 0.3 is 0 Å². The van der Waals surface area contributed by atoms with Crippen LogP contribution in [0.4, 0.5) is 5.82 Å². The first-order chi connectivity index (χ1) is 16.6. The molecule has 5 rings (SSSR count). The summed E-state index contributed by atoms with van der Waals surface area (Å²) in [6, 6.07) is 14.7. The molecule has 0 saturated carbocycles. The molecule has 0 bridgehead atoms. The van der Waals surface area contributed by atoms with E-state index < -0.39 is 0 Å². The smallest absolute Gasteiger partial charge is 0.251 e. The van der Waals surface area contributed by atoms with Crippen molar-refractivity contribution in [2.75, 3.05) is 25.2 Å². The van der Waals surface area contributed by atoms with E-state index in [9.17, 15) is 4.79 Å². The van der Waals surface area contributed by atoms with Crippen LogP contribution >= 0.6 is 27.5 Å². The molecule has 0 fully saturated rings. The second-order valence-electron chi connectivity index (χ2n) is 7.69. The number of ether oxygens (including phenoxy) is 2. The Morgan fingerprint density at radius 2 is 1.91 bits per heavy atom. The highest BCUT2D eigenvalue weighted by Crippen LogP contribution is 2.32. The standard InChI is InChI=1S/C24H21BrClN5O3/c25-17-13-29-31-22(12-19(30-23(17)31)16-5-1-2-6-18(16)26)27-9-3-4-10-28-24(32)15-7-8-20-21(11-15)34-14-33-20/h1-2,5-8,11-13,27H,3-4,9-10,14H2,(H,28,32). The highest BCUT2D eigenvalue weighted by Gasteiger charge is 2.16. The van der Waals surface area contributed by atoms with E-state index in [1.807, 2.05) is 30.3 Å². The van der Waals surface area contributed by atoms with Crippen molar-refractivity contribution in [1.29, 1.82) is 0 Å². The molecule has 2 N–H and O–H groups in total. The molecule has 0 unspecified atom stereocenters. The van der Waals surface area contributed by atoms with Crippen molar-refractivity contribution in [3.8, 4) is 22.8 Å². The minimum absolute atomic E-state index is 0.132. The maximum Gasteiger partial charge on any atom is 0.251 e. The number of hydrogen-bond acceptors (Lipinski definition) is 6. The second-order valence-corrected chi connectivity index (χ2v) is 8.95. The number of benzene rings is 2. The Hall–Kier alpha value is -3.30. The number of hydrogen-bond donors (Lipinski definition) is 2. The van der Waals surface area contributed by atoms with Gasteiger partial charge in [-0.1, -0.05) is 29.8 Å². The van der Waals surface area contributed by atoms with Crippen molar-refractivity contribution < 1.29 is 14.3 Å². The molecule has 3 heterocycles. The monoisotopic (exact) mass is 541 g/mol. The quantitative estimate of drug-likeness (QED) is 0.299. The predicted molar refractivity (Wildman–Crippen MR) is 134 cm³/mol. The van der Waals surface area contributed by atoms with Gasteiger partial charge in [0.05, 0.1) is 16.4 Å². The summed E-state index contributed by atoms with van der Waals surface area (Å²) < 4.78 is 13.2. The number of nitrogens with zero attached hydrogens (tertiary/aromatic N) is 3. The number of carbonyl (C=O) groups excluding carboxylic acids is 1. The van der Waals surface area contributed by atoms with Gasteiger partial charge in [-0.25, -0.2) is 4.98 Å². The topological polar surface area (TPSA) is 89.8 Å². The third kappa shape index (κ3) is 4.67. The molecule has 4 aromatic rings. The Labute approximate surface area is 209 Å². The first-order valence-corrected chi connectivity index (χ1v) is 12.0. The van der Waals surface area contributed by atoms with Crippen LogP contribution in [0.15, 0.2) is 59.2 Å². The largest absolute Gasteiger partial charge is 0.454 e. The Kier molecular flexibility index (Phi) is 6.55. The molecule has 10 heteroatoms. The molecular weight excluding hydrogens is 522 g/mol. The molecule has 0 radical (unpaired) electrons. The third-order valence-electron chi connectivity index (χ3n) is 5.41. The molecule has 1 aliphatic heterocycles. The summed E-state index contributed by atoms with van der Waals surface area (Å²) in [6.45, 7) is 1.46. The molecular formula is C24H21BrClN5O3. The maximum absolute atomic E-state index is 12.4. The zero-order chi connectivity index (χ0) is 23.5. The fourth-order valence-electron chi connectivity index (χ4n) is 3.68. The Morgan fingerprint density at radius 3 is 2.79 bits per heavy atom. The minimum Gasteiger partial charge on any atom is -0.454 e. The normalized spacial score (nSPS) is 12.2. The van der Waals surface area contributed by atoms with Gasteiger partial charge in [0.25, 0.3) is 5.91 Å². The van der Waals surface area contributed by atoms with Crippen molar-refractivity contribution in [2.24, 2.45) is 0 Å². The summed E-state index contributed by atoms with van der Waals surface area (Å²) in [4.78, 5) is 17.1. The van der Waals surface area contributed by atoms with E-state index in [1.54, 1.807) is 28.9 Å². The number of anilines is 1. The molecule has 174 valence electrons. The van der Waals surface area contributed by atoms with Gasteiger partial charge in [-0.2, -0.15) is 9.61 Å². The van der Waals surface area contributed by atoms with Crippen molar-refractivity contribution in [1.82, 2.24) is 19.9 Å². The number of carbonyl (C=O) groups is 1. The molecule has 8 nitrogen and oxygen atoms in total. The number of halogens is 2. The van der Waals surface area contributed by atoms with E-state index in [0.29, 0.717) is 40.8 Å². The number of amides is 1. The van der Waals surface area contributed by atoms with Crippen molar-refractivity contribution >= 4 is 44.9 Å². The number of unbranched alkanes of at least 4 members (excludes halogenated alkanes) is 1. The first-order valence-electron chi connectivity index (χ1n) is 10.8. The van der Waals surface area contributed by atoms with E-state index in [2.05, 4.69) is 31.7 Å². The van der Waals surface area contributed by atoms with Crippen LogP contribution in [0, 0.1) is 0 Å². The molecule has 1 aliphatic rings. The lowest BCUT2D eigenvalue weighted by Crippen LogP contribution is -2.24.